The van der Waals surface area contributed by atoms with Gasteiger partial charge in [-0.15, -0.1) is 12.6 Å². The van der Waals surface area contributed by atoms with Crippen molar-refractivity contribution < 1.29 is 0 Å². The predicted octanol–water partition coefficient (Wildman–Crippen LogP) is 2.12. The van der Waals surface area contributed by atoms with Gasteiger partial charge >= 0.3 is 0 Å². The van der Waals surface area contributed by atoms with Gasteiger partial charge in [0.25, 0.3) is 0 Å². The predicted molar refractivity (Wildman–Crippen MR) is 47.5 cm³/mol. The van der Waals surface area contributed by atoms with E-state index in [1.165, 1.54) is 5.56 Å². The molecule has 0 unspecified atom stereocenters. The van der Waals surface area contributed by atoms with Gasteiger partial charge in [-0.3, -0.25) is 0 Å². The molecule has 1 rings (SSSR count). The average molecular weight is 153 g/mol. The fourth-order valence-electron chi connectivity index (χ4n) is 0.908. The van der Waals surface area contributed by atoms with E-state index in [0.717, 1.165) is 17.0 Å². The lowest BCUT2D eigenvalue weighted by Crippen LogP contribution is -1.93. The van der Waals surface area contributed by atoms with Crippen LogP contribution < -0.4 is 5.73 Å². The first-order valence-electron chi connectivity index (χ1n) is 3.32. The molecule has 0 aliphatic carbocycles. The highest BCUT2D eigenvalue weighted by Gasteiger charge is 1.97. The van der Waals surface area contributed by atoms with Crippen LogP contribution in [-0.2, 0) is 6.42 Å². The van der Waals surface area contributed by atoms with Crippen LogP contribution in [-0.4, -0.2) is 0 Å². The Bertz CT molecular complexity index is 233. The summed E-state index contributed by atoms with van der Waals surface area (Å²) in [6.45, 7) is 2.08. The molecule has 0 amide bonds. The molecule has 2 N–H and O–H groups in total. The first kappa shape index (κ1) is 7.48. The summed E-state index contributed by atoms with van der Waals surface area (Å²) in [4.78, 5) is 0.874. The number of thiol groups is 1. The number of para-hydroxylation sites is 1. The van der Waals surface area contributed by atoms with Crippen LogP contribution in [0.5, 0.6) is 0 Å². The molecule has 0 aliphatic heterocycles. The topological polar surface area (TPSA) is 26.0 Å². The Kier molecular flexibility index (Phi) is 2.22. The molecule has 10 heavy (non-hydrogen) atoms. The molecule has 0 saturated heterocycles. The van der Waals surface area contributed by atoms with E-state index in [1.54, 1.807) is 0 Å². The Hall–Kier alpha value is -0.630. The van der Waals surface area contributed by atoms with E-state index in [2.05, 4.69) is 19.6 Å². The van der Waals surface area contributed by atoms with Crippen LogP contribution in [0.15, 0.2) is 23.1 Å². The smallest absolute Gasteiger partial charge is 0.0482 e. The zero-order valence-electron chi connectivity index (χ0n) is 5.96. The van der Waals surface area contributed by atoms with Crippen LogP contribution in [0.25, 0.3) is 0 Å². The minimum absolute atomic E-state index is 0.813. The van der Waals surface area contributed by atoms with Gasteiger partial charge in [0.15, 0.2) is 0 Å². The molecule has 0 saturated carbocycles. The summed E-state index contributed by atoms with van der Waals surface area (Å²) in [7, 11) is 0. The number of rotatable bonds is 1. The van der Waals surface area contributed by atoms with Crippen LogP contribution in [0, 0.1) is 0 Å². The minimum atomic E-state index is 0.813. The van der Waals surface area contributed by atoms with Gasteiger partial charge in [0.05, 0.1) is 0 Å². The molecule has 54 valence electrons. The van der Waals surface area contributed by atoms with E-state index < -0.39 is 0 Å². The highest BCUT2D eigenvalue weighted by Crippen LogP contribution is 2.20. The Morgan fingerprint density at radius 3 is 2.70 bits per heavy atom. The van der Waals surface area contributed by atoms with Crippen molar-refractivity contribution in [1.29, 1.82) is 0 Å². The van der Waals surface area contributed by atoms with Crippen LogP contribution in [0.3, 0.4) is 0 Å². The lowest BCUT2D eigenvalue weighted by Gasteiger charge is -2.03. The van der Waals surface area contributed by atoms with Crippen molar-refractivity contribution in [3.05, 3.63) is 23.8 Å². The summed E-state index contributed by atoms with van der Waals surface area (Å²) in [5, 5.41) is 0. The van der Waals surface area contributed by atoms with Crippen LogP contribution in [0.2, 0.25) is 0 Å². The van der Waals surface area contributed by atoms with Gasteiger partial charge in [-0.2, -0.15) is 0 Å². The normalized spacial score (nSPS) is 9.80. The van der Waals surface area contributed by atoms with Crippen molar-refractivity contribution >= 4 is 18.3 Å². The van der Waals surface area contributed by atoms with Crippen LogP contribution >= 0.6 is 12.6 Å². The Morgan fingerprint density at radius 2 is 2.20 bits per heavy atom. The van der Waals surface area contributed by atoms with Crippen molar-refractivity contribution in [3.63, 3.8) is 0 Å². The summed E-state index contributed by atoms with van der Waals surface area (Å²) in [6.07, 6.45) is 0.972. The standard InChI is InChI=1S/C8H11NS/c1-2-6-4-3-5-7(10)8(6)9/h3-5,10H,2,9H2,1H3. The number of hydrogen-bond acceptors (Lipinski definition) is 2. The van der Waals surface area contributed by atoms with Crippen molar-refractivity contribution in [3.8, 4) is 0 Å². The molecule has 1 aromatic rings. The lowest BCUT2D eigenvalue weighted by molar-refractivity contribution is 1.13. The van der Waals surface area contributed by atoms with Crippen LogP contribution in [0.1, 0.15) is 12.5 Å². The zero-order valence-corrected chi connectivity index (χ0v) is 6.86. The van der Waals surface area contributed by atoms with Gasteiger partial charge in [0.2, 0.25) is 0 Å². The van der Waals surface area contributed by atoms with E-state index in [-0.39, 0.29) is 0 Å². The van der Waals surface area contributed by atoms with E-state index in [9.17, 15) is 0 Å². The second-order valence-corrected chi connectivity index (χ2v) is 2.69. The Labute approximate surface area is 66.7 Å². The largest absolute Gasteiger partial charge is 0.398 e. The van der Waals surface area contributed by atoms with Crippen molar-refractivity contribution in [2.45, 2.75) is 18.2 Å². The van der Waals surface area contributed by atoms with E-state index in [0.29, 0.717) is 0 Å². The molecule has 1 nitrogen and oxygen atoms in total. The maximum atomic E-state index is 5.72. The fourth-order valence-corrected chi connectivity index (χ4v) is 1.14. The van der Waals surface area contributed by atoms with Crippen LogP contribution in [0.4, 0.5) is 5.69 Å². The molecule has 0 spiro atoms. The van der Waals surface area contributed by atoms with E-state index in [1.807, 2.05) is 18.2 Å². The molecule has 0 aliphatic rings. The van der Waals surface area contributed by atoms with Gasteiger partial charge in [-0.05, 0) is 18.1 Å². The third-order valence-electron chi connectivity index (χ3n) is 1.55. The molecule has 0 aromatic heterocycles. The second kappa shape index (κ2) is 2.97. The molecular formula is C8H11NS. The summed E-state index contributed by atoms with van der Waals surface area (Å²) in [6, 6.07) is 5.89. The highest BCUT2D eigenvalue weighted by atomic mass is 32.1. The van der Waals surface area contributed by atoms with Crippen molar-refractivity contribution in [2.24, 2.45) is 0 Å². The van der Waals surface area contributed by atoms with Gasteiger partial charge < -0.3 is 5.73 Å². The second-order valence-electron chi connectivity index (χ2n) is 2.20. The molecule has 2 heteroatoms. The lowest BCUT2D eigenvalue weighted by atomic mass is 10.1. The first-order chi connectivity index (χ1) is 4.75. The third-order valence-corrected chi connectivity index (χ3v) is 1.94. The monoisotopic (exact) mass is 153 g/mol. The molecule has 0 bridgehead atoms. The molecular weight excluding hydrogens is 142 g/mol. The number of nitrogen functional groups attached to an aromatic ring is 1. The molecule has 0 fully saturated rings. The summed E-state index contributed by atoms with van der Waals surface area (Å²) in [5.41, 5.74) is 7.70. The quantitative estimate of drug-likeness (QED) is 0.469. The first-order valence-corrected chi connectivity index (χ1v) is 3.76. The molecule has 0 atom stereocenters. The SMILES string of the molecule is CCc1cccc(S)c1N. The van der Waals surface area contributed by atoms with Gasteiger partial charge in [-0.1, -0.05) is 19.1 Å². The fraction of sp³-hybridized carbons (Fsp3) is 0.250. The van der Waals surface area contributed by atoms with Gasteiger partial charge in [0.1, 0.15) is 0 Å². The maximum absolute atomic E-state index is 5.72. The molecule has 1 aromatic carbocycles. The van der Waals surface area contributed by atoms with Gasteiger partial charge in [-0.25, -0.2) is 0 Å². The number of hydrogen-bond donors (Lipinski definition) is 2. The number of nitrogens with two attached hydrogens (primary N) is 1. The average Bonchev–Trinajstić information content (AvgIpc) is 1.95. The Balaban J connectivity index is 3.14. The number of anilines is 1. The summed E-state index contributed by atoms with van der Waals surface area (Å²) in [5.74, 6) is 0. The third kappa shape index (κ3) is 1.27. The van der Waals surface area contributed by atoms with E-state index in [4.69, 9.17) is 5.73 Å². The minimum Gasteiger partial charge on any atom is -0.398 e. The molecule has 0 heterocycles. The van der Waals surface area contributed by atoms with Crippen molar-refractivity contribution in [1.82, 2.24) is 0 Å². The molecule has 0 radical (unpaired) electrons. The van der Waals surface area contributed by atoms with Gasteiger partial charge in [0, 0.05) is 10.6 Å². The van der Waals surface area contributed by atoms with Crippen molar-refractivity contribution in [2.75, 3.05) is 5.73 Å². The highest BCUT2D eigenvalue weighted by molar-refractivity contribution is 7.80. The van der Waals surface area contributed by atoms with E-state index >= 15 is 0 Å². The number of benzene rings is 1. The zero-order chi connectivity index (χ0) is 7.56. The Morgan fingerprint density at radius 1 is 1.50 bits per heavy atom. The summed E-state index contributed by atoms with van der Waals surface area (Å²) < 4.78 is 0. The number of aryl methyl sites for hydroxylation is 1. The maximum Gasteiger partial charge on any atom is 0.0482 e. The summed E-state index contributed by atoms with van der Waals surface area (Å²) >= 11 is 4.20.